The minimum Gasteiger partial charge on any atom is -0.497 e. The summed E-state index contributed by atoms with van der Waals surface area (Å²) in [4.78, 5) is 32.0. The molecule has 2 aliphatic heterocycles. The zero-order valence-corrected chi connectivity index (χ0v) is 30.6. The van der Waals surface area contributed by atoms with Gasteiger partial charge in [0.15, 0.2) is 0 Å². The van der Waals surface area contributed by atoms with E-state index in [9.17, 15) is 23.5 Å². The van der Waals surface area contributed by atoms with E-state index in [0.29, 0.717) is 45.3 Å². The molecule has 1 amide bonds. The predicted molar refractivity (Wildman–Crippen MR) is 200 cm³/mol. The van der Waals surface area contributed by atoms with Gasteiger partial charge in [-0.2, -0.15) is 0 Å². The van der Waals surface area contributed by atoms with E-state index in [2.05, 4.69) is 17.9 Å². The molecule has 53 heavy (non-hydrogen) atoms. The van der Waals surface area contributed by atoms with Gasteiger partial charge in [-0.05, 0) is 84.2 Å². The van der Waals surface area contributed by atoms with Gasteiger partial charge in [0.25, 0.3) is 0 Å². The van der Waals surface area contributed by atoms with Crippen LogP contribution in [0.25, 0.3) is 0 Å². The van der Waals surface area contributed by atoms with Crippen molar-refractivity contribution < 1.29 is 33.0 Å². The number of fused-ring (bicyclic) bond motifs is 1. The second kappa shape index (κ2) is 18.0. The number of esters is 1. The van der Waals surface area contributed by atoms with Gasteiger partial charge in [-0.25, -0.2) is 13.6 Å². The first-order valence-electron chi connectivity index (χ1n) is 18.8. The van der Waals surface area contributed by atoms with Crippen molar-refractivity contribution in [3.05, 3.63) is 137 Å². The van der Waals surface area contributed by atoms with E-state index in [1.54, 1.807) is 12.0 Å². The quantitative estimate of drug-likeness (QED) is 0.121. The number of rotatable bonds is 16. The zero-order valence-electron chi connectivity index (χ0n) is 30.6. The largest absolute Gasteiger partial charge is 0.497 e. The van der Waals surface area contributed by atoms with Gasteiger partial charge in [0, 0.05) is 44.1 Å². The van der Waals surface area contributed by atoms with Crippen LogP contribution in [0.5, 0.6) is 5.75 Å². The molecule has 7 nitrogen and oxygen atoms in total. The molecule has 2 aliphatic rings. The Morgan fingerprint density at radius 1 is 0.906 bits per heavy atom. The van der Waals surface area contributed by atoms with Crippen LogP contribution in [-0.2, 0) is 46.7 Å². The maximum absolute atomic E-state index is 14.5. The maximum atomic E-state index is 14.5. The van der Waals surface area contributed by atoms with E-state index >= 15 is 0 Å². The molecule has 4 aromatic carbocycles. The molecule has 6 rings (SSSR count). The fourth-order valence-electron chi connectivity index (χ4n) is 7.89. The van der Waals surface area contributed by atoms with Crippen molar-refractivity contribution in [3.63, 3.8) is 0 Å². The number of nitrogens with zero attached hydrogens (tertiary/aromatic N) is 2. The highest BCUT2D eigenvalue weighted by molar-refractivity contribution is 5.87. The Kier molecular flexibility index (Phi) is 12.9. The maximum Gasteiger partial charge on any atom is 0.329 e. The fraction of sp³-hybridized carbons (Fsp3) is 0.409. The van der Waals surface area contributed by atoms with Crippen molar-refractivity contribution in [2.24, 2.45) is 5.92 Å². The summed E-state index contributed by atoms with van der Waals surface area (Å²) in [6.07, 6.45) is 2.19. The van der Waals surface area contributed by atoms with Gasteiger partial charge in [0.1, 0.15) is 35.6 Å². The van der Waals surface area contributed by atoms with E-state index in [1.807, 2.05) is 72.8 Å². The molecule has 1 N–H and O–H groups in total. The van der Waals surface area contributed by atoms with Crippen molar-refractivity contribution in [2.45, 2.75) is 95.7 Å². The lowest BCUT2D eigenvalue weighted by molar-refractivity contribution is -0.167. The van der Waals surface area contributed by atoms with Crippen LogP contribution >= 0.6 is 0 Å². The first-order chi connectivity index (χ1) is 25.7. The SMILES string of the molecule is CCCC[C@H]1CCN(C(CCc2ccccc2)C(=O)O[C@@H](Cc2cc(F)cc(F)c2)[C@@H](O)[C@H]2Cc3ccccc3CN2Cc2ccc(OC)cc2)C1=O. The number of hydrogen-bond donors (Lipinski definition) is 1. The van der Waals surface area contributed by atoms with Crippen molar-refractivity contribution in [3.8, 4) is 5.75 Å². The van der Waals surface area contributed by atoms with E-state index in [4.69, 9.17) is 9.47 Å². The molecule has 9 heteroatoms. The van der Waals surface area contributed by atoms with Crippen molar-refractivity contribution in [1.29, 1.82) is 0 Å². The lowest BCUT2D eigenvalue weighted by Crippen LogP contribution is -2.54. The molecule has 2 heterocycles. The van der Waals surface area contributed by atoms with Crippen LogP contribution in [0.15, 0.2) is 97.1 Å². The van der Waals surface area contributed by atoms with Crippen molar-refractivity contribution in [1.82, 2.24) is 9.80 Å². The van der Waals surface area contributed by atoms with Gasteiger partial charge in [-0.3, -0.25) is 9.69 Å². The van der Waals surface area contributed by atoms with Crippen LogP contribution in [0.1, 0.15) is 66.8 Å². The summed E-state index contributed by atoms with van der Waals surface area (Å²) in [5, 5.41) is 12.4. The first-order valence-corrected chi connectivity index (χ1v) is 18.8. The zero-order chi connectivity index (χ0) is 37.3. The van der Waals surface area contributed by atoms with Gasteiger partial charge in [-0.15, -0.1) is 0 Å². The Labute approximate surface area is 311 Å². The number of carbonyl (C=O) groups is 2. The molecule has 4 aromatic rings. The van der Waals surface area contributed by atoms with Gasteiger partial charge in [0.05, 0.1) is 7.11 Å². The highest BCUT2D eigenvalue weighted by atomic mass is 19.1. The van der Waals surface area contributed by atoms with Crippen LogP contribution in [0.4, 0.5) is 8.78 Å². The number of methoxy groups -OCH3 is 1. The average molecular weight is 725 g/mol. The molecule has 0 spiro atoms. The van der Waals surface area contributed by atoms with Crippen LogP contribution < -0.4 is 4.74 Å². The van der Waals surface area contributed by atoms with Crippen molar-refractivity contribution >= 4 is 11.9 Å². The Bertz CT molecular complexity index is 1800. The second-order valence-electron chi connectivity index (χ2n) is 14.4. The van der Waals surface area contributed by atoms with Gasteiger partial charge in [-0.1, -0.05) is 86.5 Å². The minimum absolute atomic E-state index is 0.0488. The molecular formula is C44H50F2N2O5. The van der Waals surface area contributed by atoms with E-state index in [1.165, 1.54) is 12.1 Å². The number of amides is 1. The molecule has 1 fully saturated rings. The second-order valence-corrected chi connectivity index (χ2v) is 14.4. The van der Waals surface area contributed by atoms with Crippen molar-refractivity contribution in [2.75, 3.05) is 13.7 Å². The topological polar surface area (TPSA) is 79.3 Å². The number of carbonyl (C=O) groups excluding carboxylic acids is 2. The summed E-state index contributed by atoms with van der Waals surface area (Å²) in [6, 6.07) is 27.4. The Morgan fingerprint density at radius 2 is 1.60 bits per heavy atom. The standard InChI is InChI=1S/C44H50F2N2O5/c1-3-4-12-33-21-22-48(43(33)50)39(20-17-30-10-6-5-7-11-30)44(51)53-41(25-32-23-36(45)27-37(46)24-32)42(49)40-26-34-13-8-9-14-35(34)29-47(40)28-31-15-18-38(52-2)19-16-31/h5-11,13-16,18-19,23-24,27,33,39-42,49H,3-4,12,17,20-22,25-26,28-29H2,1-2H3/t33-,39?,40+,41-,42-/m0/s1. The summed E-state index contributed by atoms with van der Waals surface area (Å²) < 4.78 is 40.7. The lowest BCUT2D eigenvalue weighted by Gasteiger charge is -2.42. The predicted octanol–water partition coefficient (Wildman–Crippen LogP) is 7.46. The number of aliphatic hydroxyl groups is 1. The minimum atomic E-state index is -1.24. The molecule has 0 bridgehead atoms. The number of hydrogen-bond acceptors (Lipinski definition) is 6. The third-order valence-electron chi connectivity index (χ3n) is 10.8. The number of ether oxygens (including phenoxy) is 2. The molecule has 280 valence electrons. The molecule has 1 saturated heterocycles. The van der Waals surface area contributed by atoms with Gasteiger partial charge >= 0.3 is 5.97 Å². The first kappa shape index (κ1) is 38.1. The number of aliphatic hydroxyl groups excluding tert-OH is 1. The highest BCUT2D eigenvalue weighted by Gasteiger charge is 2.42. The Balaban J connectivity index is 1.31. The summed E-state index contributed by atoms with van der Waals surface area (Å²) in [6.45, 7) is 3.58. The van der Waals surface area contributed by atoms with Crippen LogP contribution in [-0.4, -0.2) is 64.7 Å². The number of benzene rings is 4. The number of unbranched alkanes of at least 4 members (excludes halogenated alkanes) is 1. The van der Waals surface area contributed by atoms with Crippen LogP contribution in [0.3, 0.4) is 0 Å². The third kappa shape index (κ3) is 9.69. The highest BCUT2D eigenvalue weighted by Crippen LogP contribution is 2.32. The normalized spacial score (nSPS) is 19.0. The van der Waals surface area contributed by atoms with E-state index in [-0.39, 0.29) is 23.8 Å². The molecule has 0 radical (unpaired) electrons. The molecule has 1 unspecified atom stereocenters. The van der Waals surface area contributed by atoms with Crippen LogP contribution in [0, 0.1) is 17.6 Å². The van der Waals surface area contributed by atoms with Crippen LogP contribution in [0.2, 0.25) is 0 Å². The van der Waals surface area contributed by atoms with Gasteiger partial charge < -0.3 is 19.5 Å². The molecule has 5 atom stereocenters. The summed E-state index contributed by atoms with van der Waals surface area (Å²) in [5.74, 6) is -1.59. The Morgan fingerprint density at radius 3 is 2.30 bits per heavy atom. The molecule has 0 aliphatic carbocycles. The third-order valence-corrected chi connectivity index (χ3v) is 10.8. The number of halogens is 2. The molecule has 0 aromatic heterocycles. The number of likely N-dealkylation sites (tertiary alicyclic amines) is 1. The summed E-state index contributed by atoms with van der Waals surface area (Å²) in [7, 11) is 1.62. The smallest absolute Gasteiger partial charge is 0.329 e. The number of aryl methyl sites for hydroxylation is 1. The van der Waals surface area contributed by atoms with E-state index in [0.717, 1.165) is 53.3 Å². The summed E-state index contributed by atoms with van der Waals surface area (Å²) in [5.41, 5.74) is 4.51. The molecular weight excluding hydrogens is 674 g/mol. The summed E-state index contributed by atoms with van der Waals surface area (Å²) >= 11 is 0. The van der Waals surface area contributed by atoms with Gasteiger partial charge in [0.2, 0.25) is 5.91 Å². The molecule has 0 saturated carbocycles. The average Bonchev–Trinajstić information content (AvgIpc) is 3.52. The Hall–Kier alpha value is -4.60. The fourth-order valence-corrected chi connectivity index (χ4v) is 7.89. The monoisotopic (exact) mass is 724 g/mol. The lowest BCUT2D eigenvalue weighted by atomic mass is 9.87. The van der Waals surface area contributed by atoms with E-state index < -0.39 is 41.9 Å².